The van der Waals surface area contributed by atoms with Crippen molar-refractivity contribution < 1.29 is 13.2 Å². The predicted molar refractivity (Wildman–Crippen MR) is 71.0 cm³/mol. The summed E-state index contributed by atoms with van der Waals surface area (Å²) in [6, 6.07) is 4.17. The Bertz CT molecular complexity index is 403. The van der Waals surface area contributed by atoms with Gasteiger partial charge < -0.3 is 5.32 Å². The maximum atomic E-state index is 12.7. The van der Waals surface area contributed by atoms with Gasteiger partial charge >= 0.3 is 6.18 Å². The fourth-order valence-corrected chi connectivity index (χ4v) is 2.62. The number of hydrogen-bond donors (Lipinski definition) is 1. The van der Waals surface area contributed by atoms with Gasteiger partial charge in [0.25, 0.3) is 0 Å². The van der Waals surface area contributed by atoms with Crippen LogP contribution < -0.4 is 5.32 Å². The summed E-state index contributed by atoms with van der Waals surface area (Å²) in [4.78, 5) is 0. The third-order valence-electron chi connectivity index (χ3n) is 2.96. The number of rotatable bonds is 1. The topological polar surface area (TPSA) is 12.0 Å². The third-order valence-corrected chi connectivity index (χ3v) is 3.42. The minimum atomic E-state index is -4.28. The molecule has 0 amide bonds. The minimum Gasteiger partial charge on any atom is -0.310 e. The number of alkyl halides is 3. The Hall–Kier alpha value is -0.260. The van der Waals surface area contributed by atoms with Crippen LogP contribution in [0, 0.1) is 0 Å². The quantitative estimate of drug-likeness (QED) is 0.778. The molecule has 1 aromatic carbocycles. The van der Waals surface area contributed by atoms with Gasteiger partial charge in [-0.3, -0.25) is 0 Å². The zero-order chi connectivity index (χ0) is 12.5. The van der Waals surface area contributed by atoms with Crippen molar-refractivity contribution in [3.8, 4) is 0 Å². The summed E-state index contributed by atoms with van der Waals surface area (Å²) in [5.74, 6) is 0. The van der Waals surface area contributed by atoms with Crippen molar-refractivity contribution in [3.05, 3.63) is 33.8 Å². The van der Waals surface area contributed by atoms with Crippen LogP contribution in [0.25, 0.3) is 0 Å². The zero-order valence-corrected chi connectivity index (χ0v) is 12.0. The SMILES string of the molecule is Cl.FC(F)(F)c1cc(Br)cc([C@H]2CCCCN2)c1. The lowest BCUT2D eigenvalue weighted by Gasteiger charge is -2.24. The van der Waals surface area contributed by atoms with Gasteiger partial charge in [0.15, 0.2) is 0 Å². The summed E-state index contributed by atoms with van der Waals surface area (Å²) in [7, 11) is 0. The molecule has 0 saturated carbocycles. The largest absolute Gasteiger partial charge is 0.416 e. The van der Waals surface area contributed by atoms with Crippen molar-refractivity contribution in [3.63, 3.8) is 0 Å². The Morgan fingerprint density at radius 1 is 1.17 bits per heavy atom. The molecule has 0 unspecified atom stereocenters. The Kier molecular flexibility index (Phi) is 5.49. The molecule has 0 bridgehead atoms. The van der Waals surface area contributed by atoms with E-state index in [4.69, 9.17) is 0 Å². The lowest BCUT2D eigenvalue weighted by Crippen LogP contribution is -2.27. The summed E-state index contributed by atoms with van der Waals surface area (Å²) in [5.41, 5.74) is 0.126. The van der Waals surface area contributed by atoms with Gasteiger partial charge in [0.2, 0.25) is 0 Å². The van der Waals surface area contributed by atoms with Gasteiger partial charge in [-0.2, -0.15) is 13.2 Å². The molecule has 1 heterocycles. The Balaban J connectivity index is 0.00000162. The van der Waals surface area contributed by atoms with Crippen LogP contribution in [0.15, 0.2) is 22.7 Å². The van der Waals surface area contributed by atoms with Crippen molar-refractivity contribution >= 4 is 28.3 Å². The predicted octanol–water partition coefficient (Wildman–Crippen LogP) is 4.70. The van der Waals surface area contributed by atoms with E-state index in [-0.39, 0.29) is 18.4 Å². The first-order valence-corrected chi connectivity index (χ1v) is 6.37. The second-order valence-electron chi connectivity index (χ2n) is 4.27. The normalized spacial score (nSPS) is 20.3. The van der Waals surface area contributed by atoms with E-state index in [1.807, 2.05) is 0 Å². The first kappa shape index (κ1) is 15.8. The highest BCUT2D eigenvalue weighted by Crippen LogP contribution is 2.34. The highest BCUT2D eigenvalue weighted by molar-refractivity contribution is 9.10. The molecule has 0 radical (unpaired) electrons. The highest BCUT2D eigenvalue weighted by atomic mass is 79.9. The molecular weight excluding hydrogens is 330 g/mol. The number of halogens is 5. The molecule has 1 saturated heterocycles. The van der Waals surface area contributed by atoms with Crippen molar-refractivity contribution in [2.45, 2.75) is 31.5 Å². The standard InChI is InChI=1S/C12H13BrF3N.ClH/c13-10-6-8(11-3-1-2-4-17-11)5-9(7-10)12(14,15)16;/h5-7,11,17H,1-4H2;1H/t11-;/m1./s1. The molecule has 0 aromatic heterocycles. The van der Waals surface area contributed by atoms with Crippen LogP contribution in [0.1, 0.15) is 36.4 Å². The summed E-state index contributed by atoms with van der Waals surface area (Å²) < 4.78 is 38.5. The van der Waals surface area contributed by atoms with Gasteiger partial charge in [0, 0.05) is 10.5 Å². The lowest BCUT2D eigenvalue weighted by molar-refractivity contribution is -0.137. The van der Waals surface area contributed by atoms with Crippen LogP contribution in [-0.4, -0.2) is 6.54 Å². The summed E-state index contributed by atoms with van der Waals surface area (Å²) in [6.45, 7) is 0.874. The summed E-state index contributed by atoms with van der Waals surface area (Å²) in [5, 5.41) is 3.25. The second-order valence-corrected chi connectivity index (χ2v) is 5.19. The molecule has 1 aromatic rings. The van der Waals surface area contributed by atoms with E-state index in [1.165, 1.54) is 6.07 Å². The van der Waals surface area contributed by atoms with Crippen LogP contribution in [0.5, 0.6) is 0 Å². The Morgan fingerprint density at radius 3 is 2.44 bits per heavy atom. The van der Waals surface area contributed by atoms with Gasteiger partial charge in [-0.15, -0.1) is 12.4 Å². The molecule has 1 nitrogen and oxygen atoms in total. The average molecular weight is 345 g/mol. The van der Waals surface area contributed by atoms with Gasteiger partial charge in [0.05, 0.1) is 5.56 Å². The molecule has 1 atom stereocenters. The molecule has 1 aliphatic rings. The number of benzene rings is 1. The van der Waals surface area contributed by atoms with Gasteiger partial charge in [0.1, 0.15) is 0 Å². The molecular formula is C12H14BrClF3N. The van der Waals surface area contributed by atoms with E-state index < -0.39 is 11.7 Å². The fourth-order valence-electron chi connectivity index (χ4n) is 2.11. The molecule has 1 N–H and O–H groups in total. The average Bonchev–Trinajstić information content (AvgIpc) is 2.28. The van der Waals surface area contributed by atoms with Crippen LogP contribution in [-0.2, 0) is 6.18 Å². The maximum absolute atomic E-state index is 12.7. The van der Waals surface area contributed by atoms with Crippen LogP contribution >= 0.6 is 28.3 Å². The maximum Gasteiger partial charge on any atom is 0.416 e. The van der Waals surface area contributed by atoms with E-state index in [0.717, 1.165) is 31.9 Å². The zero-order valence-electron chi connectivity index (χ0n) is 9.56. The summed E-state index contributed by atoms with van der Waals surface area (Å²) >= 11 is 3.14. The van der Waals surface area contributed by atoms with Crippen molar-refractivity contribution in [2.75, 3.05) is 6.54 Å². The second kappa shape index (κ2) is 6.26. The van der Waals surface area contributed by atoms with E-state index in [0.29, 0.717) is 10.0 Å². The third kappa shape index (κ3) is 3.87. The van der Waals surface area contributed by atoms with Crippen molar-refractivity contribution in [1.82, 2.24) is 5.32 Å². The molecule has 0 aliphatic carbocycles. The molecule has 2 rings (SSSR count). The van der Waals surface area contributed by atoms with Gasteiger partial charge in [-0.05, 0) is 43.1 Å². The smallest absolute Gasteiger partial charge is 0.310 e. The molecule has 18 heavy (non-hydrogen) atoms. The Labute approximate surface area is 119 Å². The van der Waals surface area contributed by atoms with Crippen molar-refractivity contribution in [2.24, 2.45) is 0 Å². The van der Waals surface area contributed by atoms with Crippen LogP contribution in [0.4, 0.5) is 13.2 Å². The Morgan fingerprint density at radius 2 is 1.89 bits per heavy atom. The van der Waals surface area contributed by atoms with Crippen molar-refractivity contribution in [1.29, 1.82) is 0 Å². The molecule has 1 aliphatic heterocycles. The highest BCUT2D eigenvalue weighted by Gasteiger charge is 2.31. The molecule has 1 fully saturated rings. The first-order chi connectivity index (χ1) is 7.97. The van der Waals surface area contributed by atoms with Gasteiger partial charge in [-0.25, -0.2) is 0 Å². The molecule has 0 spiro atoms. The molecule has 6 heteroatoms. The minimum absolute atomic E-state index is 0. The number of nitrogens with one attached hydrogen (secondary N) is 1. The van der Waals surface area contributed by atoms with E-state index in [2.05, 4.69) is 21.2 Å². The summed E-state index contributed by atoms with van der Waals surface area (Å²) in [6.07, 6.45) is -1.23. The number of piperidine rings is 1. The number of hydrogen-bond acceptors (Lipinski definition) is 1. The van der Waals surface area contributed by atoms with E-state index >= 15 is 0 Å². The van der Waals surface area contributed by atoms with Crippen LogP contribution in [0.2, 0.25) is 0 Å². The van der Waals surface area contributed by atoms with E-state index in [9.17, 15) is 13.2 Å². The lowest BCUT2D eigenvalue weighted by atomic mass is 9.96. The van der Waals surface area contributed by atoms with Crippen LogP contribution in [0.3, 0.4) is 0 Å². The molecule has 102 valence electrons. The fraction of sp³-hybridized carbons (Fsp3) is 0.500. The first-order valence-electron chi connectivity index (χ1n) is 5.58. The van der Waals surface area contributed by atoms with E-state index in [1.54, 1.807) is 6.07 Å². The monoisotopic (exact) mass is 343 g/mol. The van der Waals surface area contributed by atoms with Gasteiger partial charge in [-0.1, -0.05) is 22.4 Å².